The quantitative estimate of drug-likeness (QED) is 0.218. The number of esters is 2. The first-order valence-corrected chi connectivity index (χ1v) is 11.0. The van der Waals surface area contributed by atoms with Gasteiger partial charge in [-0.05, 0) is 48.0 Å². The monoisotopic (exact) mass is 506 g/mol. The Balaban J connectivity index is 1.51. The molecule has 1 saturated heterocycles. The van der Waals surface area contributed by atoms with Crippen molar-refractivity contribution in [3.63, 3.8) is 0 Å². The van der Waals surface area contributed by atoms with Crippen LogP contribution in [0.5, 0.6) is 5.75 Å². The number of hydrogen-bond acceptors (Lipinski definition) is 7. The molecule has 1 aliphatic heterocycles. The molecule has 2 aromatic carbocycles. The molecular formula is C26H19ClN2O7. The van der Waals surface area contributed by atoms with Crippen LogP contribution in [0, 0.1) is 0 Å². The van der Waals surface area contributed by atoms with Gasteiger partial charge in [-0.3, -0.25) is 9.69 Å². The minimum atomic E-state index is -0.686. The molecule has 3 amide bonds. The standard InChI is InChI=1S/C26H19ClN2O7/c1-34-25(32)22-11-9-19(35-22)15-29-24(31)20(28-26(29)33)14-17-13-18(27)8-10-21(17)36-23(30)12-7-16-5-3-2-4-6-16/h2-14H,15H2,1H3,(H,28,33)/b12-7+,20-14-. The van der Waals surface area contributed by atoms with Crippen molar-refractivity contribution >= 4 is 47.6 Å². The normalized spacial score (nSPS) is 14.4. The summed E-state index contributed by atoms with van der Waals surface area (Å²) in [5, 5.41) is 2.81. The second-order valence-corrected chi connectivity index (χ2v) is 7.92. The average Bonchev–Trinajstić information content (AvgIpc) is 3.45. The number of rotatable bonds is 7. The third-order valence-corrected chi connectivity index (χ3v) is 5.25. The fraction of sp³-hybridized carbons (Fsp3) is 0.0769. The van der Waals surface area contributed by atoms with E-state index in [0.717, 1.165) is 10.5 Å². The maximum atomic E-state index is 12.9. The van der Waals surface area contributed by atoms with E-state index in [-0.39, 0.29) is 29.5 Å². The highest BCUT2D eigenvalue weighted by molar-refractivity contribution is 6.30. The number of imide groups is 1. The lowest BCUT2D eigenvalue weighted by molar-refractivity contribution is -0.129. The van der Waals surface area contributed by atoms with E-state index < -0.39 is 23.9 Å². The third kappa shape index (κ3) is 5.70. The van der Waals surface area contributed by atoms with Gasteiger partial charge in [0.1, 0.15) is 17.2 Å². The Morgan fingerprint density at radius 1 is 1.08 bits per heavy atom. The summed E-state index contributed by atoms with van der Waals surface area (Å²) in [7, 11) is 1.21. The zero-order valence-corrected chi connectivity index (χ0v) is 19.7. The molecule has 36 heavy (non-hydrogen) atoms. The predicted octanol–water partition coefficient (Wildman–Crippen LogP) is 4.43. The number of amides is 3. The minimum Gasteiger partial charge on any atom is -0.463 e. The lowest BCUT2D eigenvalue weighted by Gasteiger charge is -2.09. The van der Waals surface area contributed by atoms with Crippen LogP contribution in [0.15, 0.2) is 76.9 Å². The maximum Gasteiger partial charge on any atom is 0.373 e. The van der Waals surface area contributed by atoms with E-state index in [9.17, 15) is 19.2 Å². The van der Waals surface area contributed by atoms with Gasteiger partial charge in [-0.1, -0.05) is 41.9 Å². The van der Waals surface area contributed by atoms with E-state index in [1.54, 1.807) is 6.08 Å². The largest absolute Gasteiger partial charge is 0.463 e. The molecule has 182 valence electrons. The van der Waals surface area contributed by atoms with Gasteiger partial charge in [0.15, 0.2) is 0 Å². The SMILES string of the molecule is COC(=O)c1ccc(CN2C(=O)N/C(=C\c3cc(Cl)ccc3OC(=O)/C=C/c3ccccc3)C2=O)o1. The Morgan fingerprint density at radius 2 is 1.86 bits per heavy atom. The van der Waals surface area contributed by atoms with E-state index in [4.69, 9.17) is 20.8 Å². The molecule has 0 spiro atoms. The second kappa shape index (κ2) is 10.7. The van der Waals surface area contributed by atoms with Gasteiger partial charge in [0.25, 0.3) is 5.91 Å². The Hall–Kier alpha value is -4.63. The number of hydrogen-bond donors (Lipinski definition) is 1. The summed E-state index contributed by atoms with van der Waals surface area (Å²) in [6, 6.07) is 15.9. The van der Waals surface area contributed by atoms with Crippen LogP contribution in [0.3, 0.4) is 0 Å². The number of nitrogens with one attached hydrogen (secondary N) is 1. The van der Waals surface area contributed by atoms with Gasteiger partial charge in [-0.15, -0.1) is 0 Å². The van der Waals surface area contributed by atoms with Crippen molar-refractivity contribution in [1.29, 1.82) is 0 Å². The van der Waals surface area contributed by atoms with Crippen LogP contribution >= 0.6 is 11.6 Å². The van der Waals surface area contributed by atoms with Crippen molar-refractivity contribution in [2.24, 2.45) is 0 Å². The Labute approximate surface area is 210 Å². The number of carbonyl (C=O) groups is 4. The van der Waals surface area contributed by atoms with Crippen molar-refractivity contribution in [3.05, 3.63) is 100 Å². The number of furan rings is 1. The molecule has 0 atom stereocenters. The molecule has 0 bridgehead atoms. The highest BCUT2D eigenvalue weighted by Gasteiger charge is 2.34. The molecule has 10 heteroatoms. The lowest BCUT2D eigenvalue weighted by Crippen LogP contribution is -2.30. The molecular weight excluding hydrogens is 488 g/mol. The molecule has 0 aliphatic carbocycles. The number of carbonyl (C=O) groups excluding carboxylic acids is 4. The van der Waals surface area contributed by atoms with Gasteiger partial charge < -0.3 is 19.2 Å². The van der Waals surface area contributed by atoms with E-state index in [1.807, 2.05) is 30.3 Å². The average molecular weight is 507 g/mol. The van der Waals surface area contributed by atoms with Crippen molar-refractivity contribution in [1.82, 2.24) is 10.2 Å². The van der Waals surface area contributed by atoms with Crippen molar-refractivity contribution in [2.45, 2.75) is 6.54 Å². The molecule has 0 saturated carbocycles. The van der Waals surface area contributed by atoms with E-state index >= 15 is 0 Å². The third-order valence-electron chi connectivity index (χ3n) is 5.02. The van der Waals surface area contributed by atoms with Gasteiger partial charge in [0, 0.05) is 16.7 Å². The molecule has 4 rings (SSSR count). The van der Waals surface area contributed by atoms with Crippen LogP contribution < -0.4 is 10.1 Å². The van der Waals surface area contributed by atoms with Gasteiger partial charge in [-0.25, -0.2) is 14.4 Å². The summed E-state index contributed by atoms with van der Waals surface area (Å²) in [4.78, 5) is 50.1. The van der Waals surface area contributed by atoms with Crippen LogP contribution in [0.2, 0.25) is 5.02 Å². The van der Waals surface area contributed by atoms with E-state index in [2.05, 4.69) is 10.1 Å². The van der Waals surface area contributed by atoms with Crippen LogP contribution in [0.1, 0.15) is 27.4 Å². The summed E-state index contributed by atoms with van der Waals surface area (Å²) in [5.74, 6) is -1.66. The van der Waals surface area contributed by atoms with Gasteiger partial charge in [0.05, 0.1) is 13.7 Å². The lowest BCUT2D eigenvalue weighted by atomic mass is 10.1. The summed E-state index contributed by atoms with van der Waals surface area (Å²) >= 11 is 6.10. The van der Waals surface area contributed by atoms with Crippen LogP contribution in [0.4, 0.5) is 4.79 Å². The van der Waals surface area contributed by atoms with Gasteiger partial charge >= 0.3 is 18.0 Å². The first-order valence-electron chi connectivity index (χ1n) is 10.6. The number of halogens is 1. The zero-order valence-electron chi connectivity index (χ0n) is 18.9. The van der Waals surface area contributed by atoms with Crippen LogP contribution in [0.25, 0.3) is 12.2 Å². The number of ether oxygens (including phenoxy) is 2. The predicted molar refractivity (Wildman–Crippen MR) is 130 cm³/mol. The molecule has 3 aromatic rings. The molecule has 2 heterocycles. The van der Waals surface area contributed by atoms with Crippen LogP contribution in [-0.4, -0.2) is 35.9 Å². The summed E-state index contributed by atoms with van der Waals surface area (Å²) in [6.07, 6.45) is 4.24. The van der Waals surface area contributed by atoms with Crippen molar-refractivity contribution in [2.75, 3.05) is 7.11 Å². The topological polar surface area (TPSA) is 115 Å². The molecule has 1 N–H and O–H groups in total. The van der Waals surface area contributed by atoms with Gasteiger partial charge in [0.2, 0.25) is 5.76 Å². The first kappa shape index (κ1) is 24.5. The van der Waals surface area contributed by atoms with Crippen molar-refractivity contribution in [3.8, 4) is 5.75 Å². The van der Waals surface area contributed by atoms with Crippen LogP contribution in [-0.2, 0) is 20.9 Å². The van der Waals surface area contributed by atoms with Crippen molar-refractivity contribution < 1.29 is 33.1 Å². The number of urea groups is 1. The number of methoxy groups -OCH3 is 1. The highest BCUT2D eigenvalue weighted by Crippen LogP contribution is 2.27. The van der Waals surface area contributed by atoms with E-state index in [0.29, 0.717) is 10.6 Å². The Bertz CT molecular complexity index is 1390. The fourth-order valence-corrected chi connectivity index (χ4v) is 3.48. The van der Waals surface area contributed by atoms with Gasteiger partial charge in [-0.2, -0.15) is 0 Å². The maximum absolute atomic E-state index is 12.9. The molecule has 1 fully saturated rings. The second-order valence-electron chi connectivity index (χ2n) is 7.48. The number of nitrogens with zero attached hydrogens (tertiary/aromatic N) is 1. The molecule has 9 nitrogen and oxygen atoms in total. The summed E-state index contributed by atoms with van der Waals surface area (Å²) in [6.45, 7) is -0.208. The first-order chi connectivity index (χ1) is 17.3. The number of benzene rings is 2. The molecule has 0 unspecified atom stereocenters. The molecule has 0 radical (unpaired) electrons. The minimum absolute atomic E-state index is 0.0537. The van der Waals surface area contributed by atoms with E-state index in [1.165, 1.54) is 49.6 Å². The summed E-state index contributed by atoms with van der Waals surface area (Å²) in [5.41, 5.74) is 1.07. The highest BCUT2D eigenvalue weighted by atomic mass is 35.5. The zero-order chi connectivity index (χ0) is 25.7. The molecule has 1 aromatic heterocycles. The fourth-order valence-electron chi connectivity index (χ4n) is 3.30. The Morgan fingerprint density at radius 3 is 2.61 bits per heavy atom. The Kier molecular flexibility index (Phi) is 7.31. The summed E-state index contributed by atoms with van der Waals surface area (Å²) < 4.78 is 15.3. The smallest absolute Gasteiger partial charge is 0.373 e. The molecule has 1 aliphatic rings.